The van der Waals surface area contributed by atoms with E-state index in [0.717, 1.165) is 18.4 Å². The van der Waals surface area contributed by atoms with Crippen LogP contribution in [0.2, 0.25) is 0 Å². The summed E-state index contributed by atoms with van der Waals surface area (Å²) in [5, 5.41) is 0. The Kier molecular flexibility index (Phi) is 6.43. The van der Waals surface area contributed by atoms with Crippen molar-refractivity contribution in [2.45, 2.75) is 63.7 Å². The van der Waals surface area contributed by atoms with E-state index < -0.39 is 10.0 Å². The van der Waals surface area contributed by atoms with Gasteiger partial charge in [-0.3, -0.25) is 4.79 Å². The summed E-state index contributed by atoms with van der Waals surface area (Å²) in [4.78, 5) is 15.4. The lowest BCUT2D eigenvalue weighted by Crippen LogP contribution is -2.48. The molecule has 0 aromatic heterocycles. The van der Waals surface area contributed by atoms with E-state index in [1.165, 1.54) is 15.4 Å². The zero-order valence-corrected chi connectivity index (χ0v) is 20.1. The second-order valence-electron chi connectivity index (χ2n) is 9.10. The first kappa shape index (κ1) is 23.0. The van der Waals surface area contributed by atoms with E-state index in [9.17, 15) is 13.2 Å². The van der Waals surface area contributed by atoms with E-state index in [1.54, 1.807) is 24.3 Å². The summed E-state index contributed by atoms with van der Waals surface area (Å²) in [7, 11) is -3.62. The minimum absolute atomic E-state index is 0.0525. The molecule has 2 aromatic carbocycles. The summed E-state index contributed by atoms with van der Waals surface area (Å²) in [6, 6.07) is 12.8. The molecule has 2 saturated heterocycles. The molecule has 2 aliphatic rings. The van der Waals surface area contributed by atoms with Crippen LogP contribution in [-0.4, -0.2) is 55.4 Å². The first-order valence-electron chi connectivity index (χ1n) is 11.3. The topological polar surface area (TPSA) is 66.9 Å². The molecule has 3 unspecified atom stereocenters. The number of benzene rings is 2. The van der Waals surface area contributed by atoms with E-state index in [0.29, 0.717) is 25.2 Å². The number of ether oxygens (including phenoxy) is 1. The Balaban J connectivity index is 1.53. The summed E-state index contributed by atoms with van der Waals surface area (Å²) in [5.41, 5.74) is 4.14. The average molecular weight is 457 g/mol. The van der Waals surface area contributed by atoms with Crippen molar-refractivity contribution in [1.82, 2.24) is 9.21 Å². The van der Waals surface area contributed by atoms with Crippen molar-refractivity contribution >= 4 is 15.9 Å². The number of morpholine rings is 1. The van der Waals surface area contributed by atoms with Crippen molar-refractivity contribution in [3.05, 3.63) is 64.7 Å². The highest BCUT2D eigenvalue weighted by molar-refractivity contribution is 7.89. The Morgan fingerprint density at radius 2 is 1.62 bits per heavy atom. The average Bonchev–Trinajstić information content (AvgIpc) is 3.24. The second kappa shape index (κ2) is 8.96. The lowest BCUT2D eigenvalue weighted by atomic mass is 9.99. The molecule has 3 atom stereocenters. The van der Waals surface area contributed by atoms with Crippen LogP contribution >= 0.6 is 0 Å². The normalized spacial score (nSPS) is 24.6. The molecule has 0 aliphatic carbocycles. The molecular formula is C25H32N2O4S. The molecule has 0 spiro atoms. The molecule has 172 valence electrons. The lowest BCUT2D eigenvalue weighted by Gasteiger charge is -2.34. The maximum atomic E-state index is 13.3. The third kappa shape index (κ3) is 4.47. The van der Waals surface area contributed by atoms with E-state index in [-0.39, 0.29) is 29.1 Å². The van der Waals surface area contributed by atoms with Gasteiger partial charge in [0.05, 0.1) is 23.1 Å². The Morgan fingerprint density at radius 1 is 0.969 bits per heavy atom. The van der Waals surface area contributed by atoms with Crippen LogP contribution in [0.3, 0.4) is 0 Å². The number of amides is 1. The fourth-order valence-electron chi connectivity index (χ4n) is 4.74. The van der Waals surface area contributed by atoms with Crippen molar-refractivity contribution in [1.29, 1.82) is 0 Å². The van der Waals surface area contributed by atoms with Crippen molar-refractivity contribution in [3.63, 3.8) is 0 Å². The smallest absolute Gasteiger partial charge is 0.254 e. The molecule has 32 heavy (non-hydrogen) atoms. The maximum Gasteiger partial charge on any atom is 0.254 e. The van der Waals surface area contributed by atoms with Crippen molar-refractivity contribution in [2.75, 3.05) is 19.6 Å². The quantitative estimate of drug-likeness (QED) is 0.695. The summed E-state index contributed by atoms with van der Waals surface area (Å²) in [5.74, 6) is -0.0525. The molecule has 7 heteroatoms. The van der Waals surface area contributed by atoms with Gasteiger partial charge in [0.2, 0.25) is 10.0 Å². The number of sulfonamides is 1. The van der Waals surface area contributed by atoms with Crippen LogP contribution in [0.4, 0.5) is 0 Å². The van der Waals surface area contributed by atoms with E-state index in [2.05, 4.69) is 32.0 Å². The number of hydrogen-bond acceptors (Lipinski definition) is 4. The summed E-state index contributed by atoms with van der Waals surface area (Å²) in [6.07, 6.45) is 1.61. The predicted octanol–water partition coefficient (Wildman–Crippen LogP) is 4.08. The van der Waals surface area contributed by atoms with Gasteiger partial charge in [-0.2, -0.15) is 4.31 Å². The zero-order chi connectivity index (χ0) is 23.0. The van der Waals surface area contributed by atoms with Crippen molar-refractivity contribution < 1.29 is 17.9 Å². The van der Waals surface area contributed by atoms with Crippen molar-refractivity contribution in [3.8, 4) is 0 Å². The molecule has 6 nitrogen and oxygen atoms in total. The van der Waals surface area contributed by atoms with Crippen LogP contribution in [0, 0.1) is 13.8 Å². The molecule has 2 aliphatic heterocycles. The molecule has 4 rings (SSSR count). The third-order valence-electron chi connectivity index (χ3n) is 6.55. The molecule has 2 aromatic rings. The van der Waals surface area contributed by atoms with E-state index in [1.807, 2.05) is 18.7 Å². The van der Waals surface area contributed by atoms with Gasteiger partial charge >= 0.3 is 0 Å². The summed E-state index contributed by atoms with van der Waals surface area (Å²) in [6.45, 7) is 9.31. The first-order chi connectivity index (χ1) is 15.2. The van der Waals surface area contributed by atoms with E-state index >= 15 is 0 Å². The van der Waals surface area contributed by atoms with Crippen LogP contribution in [0.15, 0.2) is 47.4 Å². The fourth-order valence-corrected chi connectivity index (χ4v) is 6.33. The molecule has 0 saturated carbocycles. The minimum Gasteiger partial charge on any atom is -0.373 e. The molecule has 0 radical (unpaired) electrons. The van der Waals surface area contributed by atoms with Crippen LogP contribution in [-0.2, 0) is 14.8 Å². The number of carbonyl (C=O) groups excluding carboxylic acids is 1. The highest BCUT2D eigenvalue weighted by Gasteiger charge is 2.33. The Morgan fingerprint density at radius 3 is 2.25 bits per heavy atom. The van der Waals surface area contributed by atoms with Crippen LogP contribution in [0.1, 0.15) is 59.8 Å². The fraction of sp³-hybridized carbons (Fsp3) is 0.480. The number of aryl methyl sites for hydroxylation is 2. The summed E-state index contributed by atoms with van der Waals surface area (Å²) < 4.78 is 33.3. The molecule has 0 bridgehead atoms. The lowest BCUT2D eigenvalue weighted by molar-refractivity contribution is -0.0440. The highest BCUT2D eigenvalue weighted by atomic mass is 32.2. The van der Waals surface area contributed by atoms with Crippen LogP contribution in [0.5, 0.6) is 0 Å². The standard InChI is InChI=1S/C25H32N2O4S/c1-17-7-8-22(14-18(17)2)24-6-5-13-27(24)25(28)21-9-11-23(12-10-21)32(29,30)26-15-19(3)31-20(4)16-26/h7-12,14,19-20,24H,5-6,13,15-16H2,1-4H3. The van der Waals surface area contributed by atoms with Gasteiger partial charge < -0.3 is 9.64 Å². The van der Waals surface area contributed by atoms with Gasteiger partial charge in [-0.1, -0.05) is 18.2 Å². The Labute approximate surface area is 191 Å². The molecule has 2 fully saturated rings. The van der Waals surface area contributed by atoms with Gasteiger partial charge in [-0.25, -0.2) is 8.42 Å². The largest absolute Gasteiger partial charge is 0.373 e. The maximum absolute atomic E-state index is 13.3. The monoisotopic (exact) mass is 456 g/mol. The van der Waals surface area contributed by atoms with Gasteiger partial charge in [0.15, 0.2) is 0 Å². The molecule has 1 amide bonds. The number of likely N-dealkylation sites (tertiary alicyclic amines) is 1. The third-order valence-corrected chi connectivity index (χ3v) is 8.40. The molecule has 0 N–H and O–H groups in total. The number of hydrogen-bond donors (Lipinski definition) is 0. The van der Waals surface area contributed by atoms with Gasteiger partial charge in [0.1, 0.15) is 0 Å². The van der Waals surface area contributed by atoms with Crippen LogP contribution < -0.4 is 0 Å². The zero-order valence-electron chi connectivity index (χ0n) is 19.2. The van der Waals surface area contributed by atoms with Gasteiger partial charge in [-0.15, -0.1) is 0 Å². The summed E-state index contributed by atoms with van der Waals surface area (Å²) >= 11 is 0. The number of carbonyl (C=O) groups is 1. The molecular weight excluding hydrogens is 424 g/mol. The highest BCUT2D eigenvalue weighted by Crippen LogP contribution is 2.34. The first-order valence-corrected chi connectivity index (χ1v) is 12.7. The Bertz CT molecular complexity index is 1090. The number of rotatable bonds is 4. The second-order valence-corrected chi connectivity index (χ2v) is 11.0. The SMILES string of the molecule is Cc1ccc(C2CCCN2C(=O)c2ccc(S(=O)(=O)N3CC(C)OC(C)C3)cc2)cc1C. The minimum atomic E-state index is -3.62. The van der Waals surface area contributed by atoms with Crippen LogP contribution in [0.25, 0.3) is 0 Å². The van der Waals surface area contributed by atoms with Gasteiger partial charge in [0, 0.05) is 25.2 Å². The molecule has 2 heterocycles. The van der Waals surface area contributed by atoms with Gasteiger partial charge in [-0.05, 0) is 81.5 Å². The van der Waals surface area contributed by atoms with Gasteiger partial charge in [0.25, 0.3) is 5.91 Å². The Hall–Kier alpha value is -2.22. The van der Waals surface area contributed by atoms with Crippen molar-refractivity contribution in [2.24, 2.45) is 0 Å². The number of nitrogens with zero attached hydrogens (tertiary/aromatic N) is 2. The predicted molar refractivity (Wildman–Crippen MR) is 124 cm³/mol. The van der Waals surface area contributed by atoms with E-state index in [4.69, 9.17) is 4.74 Å².